The third-order valence-electron chi connectivity index (χ3n) is 2.06. The predicted molar refractivity (Wildman–Crippen MR) is 49.0 cm³/mol. The van der Waals surface area contributed by atoms with Crippen LogP contribution in [0.4, 0.5) is 0 Å². The Bertz CT molecular complexity index is 335. The van der Waals surface area contributed by atoms with E-state index in [9.17, 15) is 9.59 Å². The van der Waals surface area contributed by atoms with Gasteiger partial charge in [-0.05, 0) is 20.3 Å². The van der Waals surface area contributed by atoms with Crippen molar-refractivity contribution in [3.8, 4) is 0 Å². The van der Waals surface area contributed by atoms with Crippen molar-refractivity contribution in [2.75, 3.05) is 0 Å². The fourth-order valence-corrected chi connectivity index (χ4v) is 1.17. The molecule has 1 rings (SSSR count). The molecule has 0 N–H and O–H groups in total. The molecule has 0 aromatic rings. The summed E-state index contributed by atoms with van der Waals surface area (Å²) < 4.78 is 0. The first-order valence-electron chi connectivity index (χ1n) is 4.07. The van der Waals surface area contributed by atoms with Gasteiger partial charge in [-0.15, -0.1) is 0 Å². The Morgan fingerprint density at radius 3 is 2.77 bits per heavy atom. The molecule has 0 aromatic heterocycles. The van der Waals surface area contributed by atoms with E-state index < -0.39 is 5.54 Å². The van der Waals surface area contributed by atoms with Crippen molar-refractivity contribution in [2.45, 2.75) is 25.8 Å². The third kappa shape index (κ3) is 2.23. The maximum absolute atomic E-state index is 10.9. The molecule has 68 valence electrons. The second-order valence-electron chi connectivity index (χ2n) is 3.31. The molecule has 0 spiro atoms. The van der Waals surface area contributed by atoms with Crippen molar-refractivity contribution in [1.29, 1.82) is 0 Å². The molecule has 0 saturated carbocycles. The van der Waals surface area contributed by atoms with E-state index in [2.05, 4.69) is 4.99 Å². The number of isocyanates is 1. The van der Waals surface area contributed by atoms with Gasteiger partial charge in [0.05, 0.1) is 5.54 Å². The van der Waals surface area contributed by atoms with Crippen LogP contribution in [0.15, 0.2) is 28.8 Å². The summed E-state index contributed by atoms with van der Waals surface area (Å²) >= 11 is 0. The topological polar surface area (TPSA) is 46.5 Å². The first-order chi connectivity index (χ1) is 6.07. The number of allylic oxidation sites excluding steroid dienone is 2. The fourth-order valence-electron chi connectivity index (χ4n) is 1.17. The van der Waals surface area contributed by atoms with Gasteiger partial charge in [0, 0.05) is 5.57 Å². The number of rotatable bonds is 2. The molecule has 0 radical (unpaired) electrons. The zero-order valence-corrected chi connectivity index (χ0v) is 7.70. The van der Waals surface area contributed by atoms with Gasteiger partial charge < -0.3 is 0 Å². The number of carbonyl (C=O) groups excluding carboxylic acids is 2. The molecule has 0 fully saturated rings. The summed E-state index contributed by atoms with van der Waals surface area (Å²) in [5, 5.41) is 0. The molecule has 0 saturated heterocycles. The Morgan fingerprint density at radius 1 is 1.69 bits per heavy atom. The summed E-state index contributed by atoms with van der Waals surface area (Å²) in [6, 6.07) is 0. The minimum atomic E-state index is -0.513. The van der Waals surface area contributed by atoms with Crippen molar-refractivity contribution >= 4 is 11.9 Å². The van der Waals surface area contributed by atoms with E-state index >= 15 is 0 Å². The lowest BCUT2D eigenvalue weighted by atomic mass is 9.90. The molecule has 1 aliphatic rings. The molecule has 0 heterocycles. The third-order valence-corrected chi connectivity index (χ3v) is 2.06. The second kappa shape index (κ2) is 3.50. The number of aliphatic imine (C=N–C) groups is 1. The Balaban J connectivity index is 2.84. The van der Waals surface area contributed by atoms with Crippen LogP contribution in [0.25, 0.3) is 0 Å². The van der Waals surface area contributed by atoms with Gasteiger partial charge in [-0.3, -0.25) is 4.79 Å². The maximum Gasteiger partial charge on any atom is 0.235 e. The summed E-state index contributed by atoms with van der Waals surface area (Å²) in [5.74, 6) is 0.0355. The van der Waals surface area contributed by atoms with E-state index in [0.717, 1.165) is 0 Å². The molecule has 13 heavy (non-hydrogen) atoms. The lowest BCUT2D eigenvalue weighted by Crippen LogP contribution is -2.20. The van der Waals surface area contributed by atoms with Gasteiger partial charge in [0.15, 0.2) is 5.78 Å². The number of hydrogen-bond acceptors (Lipinski definition) is 3. The zero-order valence-electron chi connectivity index (χ0n) is 7.70. The minimum absolute atomic E-state index is 0.0355. The molecular formula is C10H11NO2. The fraction of sp³-hybridized carbons (Fsp3) is 0.400. The first-order valence-corrected chi connectivity index (χ1v) is 4.07. The number of carbonyl (C=O) groups is 1. The largest absolute Gasteiger partial charge is 0.295 e. The van der Waals surface area contributed by atoms with Crippen LogP contribution in [-0.2, 0) is 9.59 Å². The highest BCUT2D eigenvalue weighted by Gasteiger charge is 2.22. The van der Waals surface area contributed by atoms with Crippen molar-refractivity contribution in [3.05, 3.63) is 23.8 Å². The number of hydrogen-bond donors (Lipinski definition) is 0. The molecule has 0 aliphatic heterocycles. The zero-order chi connectivity index (χ0) is 9.90. The lowest BCUT2D eigenvalue weighted by Gasteiger charge is -2.20. The van der Waals surface area contributed by atoms with Gasteiger partial charge >= 0.3 is 0 Å². The Labute approximate surface area is 76.9 Å². The van der Waals surface area contributed by atoms with Crippen LogP contribution < -0.4 is 0 Å². The standard InChI is InChI=1S/C10H11NO2/c1-8(13)9-3-5-10(2,6-4-9)11-7-12/h3-5H,6H2,1-2H3/t10-/m0/s1. The molecular weight excluding hydrogens is 166 g/mol. The normalized spacial score (nSPS) is 26.2. The van der Waals surface area contributed by atoms with E-state index in [0.29, 0.717) is 12.0 Å². The van der Waals surface area contributed by atoms with Gasteiger partial charge in [-0.2, -0.15) is 4.99 Å². The Morgan fingerprint density at radius 2 is 2.38 bits per heavy atom. The van der Waals surface area contributed by atoms with Crippen LogP contribution in [0, 0.1) is 0 Å². The van der Waals surface area contributed by atoms with Crippen LogP contribution in [0.1, 0.15) is 20.3 Å². The SMILES string of the molecule is CC(=O)C1=CC[C@@](C)(N=C=O)C=C1. The summed E-state index contributed by atoms with van der Waals surface area (Å²) in [6.07, 6.45) is 7.36. The van der Waals surface area contributed by atoms with Gasteiger partial charge in [0.2, 0.25) is 6.08 Å². The van der Waals surface area contributed by atoms with E-state index in [1.807, 2.05) is 6.92 Å². The van der Waals surface area contributed by atoms with E-state index in [1.54, 1.807) is 18.2 Å². The van der Waals surface area contributed by atoms with Crippen molar-refractivity contribution in [3.63, 3.8) is 0 Å². The average molecular weight is 177 g/mol. The smallest absolute Gasteiger partial charge is 0.235 e. The van der Waals surface area contributed by atoms with Crippen molar-refractivity contribution in [2.24, 2.45) is 4.99 Å². The average Bonchev–Trinajstić information content (AvgIpc) is 2.05. The van der Waals surface area contributed by atoms with Crippen molar-refractivity contribution < 1.29 is 9.59 Å². The predicted octanol–water partition coefficient (Wildman–Crippen LogP) is 1.56. The van der Waals surface area contributed by atoms with Crippen LogP contribution in [0.5, 0.6) is 0 Å². The molecule has 0 bridgehead atoms. The quantitative estimate of drug-likeness (QED) is 0.474. The van der Waals surface area contributed by atoms with Crippen LogP contribution in [0.3, 0.4) is 0 Å². The van der Waals surface area contributed by atoms with Crippen molar-refractivity contribution in [1.82, 2.24) is 0 Å². The molecule has 1 atom stereocenters. The van der Waals surface area contributed by atoms with Crippen LogP contribution in [0.2, 0.25) is 0 Å². The van der Waals surface area contributed by atoms with E-state index in [-0.39, 0.29) is 5.78 Å². The molecule has 0 unspecified atom stereocenters. The monoisotopic (exact) mass is 177 g/mol. The second-order valence-corrected chi connectivity index (χ2v) is 3.31. The minimum Gasteiger partial charge on any atom is -0.295 e. The summed E-state index contributed by atoms with van der Waals surface area (Å²) in [4.78, 5) is 24.7. The summed E-state index contributed by atoms with van der Waals surface area (Å²) in [6.45, 7) is 3.34. The lowest BCUT2D eigenvalue weighted by molar-refractivity contribution is -0.113. The van der Waals surface area contributed by atoms with Crippen LogP contribution >= 0.6 is 0 Å². The summed E-state index contributed by atoms with van der Waals surface area (Å²) in [5.41, 5.74) is 0.166. The number of Topliss-reactive ketones (excluding diaryl/α,β-unsaturated/α-hetero) is 1. The van der Waals surface area contributed by atoms with Crippen LogP contribution in [-0.4, -0.2) is 17.4 Å². The first kappa shape index (κ1) is 9.62. The van der Waals surface area contributed by atoms with Gasteiger partial charge in [0.25, 0.3) is 0 Å². The van der Waals surface area contributed by atoms with Gasteiger partial charge in [-0.25, -0.2) is 4.79 Å². The number of nitrogens with zero attached hydrogens (tertiary/aromatic N) is 1. The molecule has 3 nitrogen and oxygen atoms in total. The summed E-state index contributed by atoms with van der Waals surface area (Å²) in [7, 11) is 0. The highest BCUT2D eigenvalue weighted by molar-refractivity contribution is 5.96. The molecule has 0 aromatic carbocycles. The Kier molecular flexibility index (Phi) is 2.59. The highest BCUT2D eigenvalue weighted by Crippen LogP contribution is 2.24. The molecule has 3 heteroatoms. The van der Waals surface area contributed by atoms with Gasteiger partial charge in [-0.1, -0.05) is 18.2 Å². The highest BCUT2D eigenvalue weighted by atomic mass is 16.1. The number of ketones is 1. The van der Waals surface area contributed by atoms with Gasteiger partial charge in [0.1, 0.15) is 0 Å². The Hall–Kier alpha value is -1.47. The van der Waals surface area contributed by atoms with E-state index in [1.165, 1.54) is 13.0 Å². The van der Waals surface area contributed by atoms with E-state index in [4.69, 9.17) is 0 Å². The molecule has 0 amide bonds. The maximum atomic E-state index is 10.9. The molecule has 1 aliphatic carbocycles.